The molecule has 1 amide bonds. The molecule has 1 unspecified atom stereocenters. The van der Waals surface area contributed by atoms with Gasteiger partial charge in [-0.1, -0.05) is 13.8 Å². The van der Waals surface area contributed by atoms with Crippen LogP contribution in [-0.4, -0.2) is 19.0 Å². The van der Waals surface area contributed by atoms with Crippen LogP contribution in [0.15, 0.2) is 0 Å². The summed E-state index contributed by atoms with van der Waals surface area (Å²) in [5.41, 5.74) is 5.42. The van der Waals surface area contributed by atoms with E-state index in [9.17, 15) is 4.79 Å². The molecule has 0 saturated heterocycles. The van der Waals surface area contributed by atoms with E-state index in [-0.39, 0.29) is 5.91 Å². The lowest BCUT2D eigenvalue weighted by Gasteiger charge is -2.09. The Kier molecular flexibility index (Phi) is 7.69. The van der Waals surface area contributed by atoms with Crippen molar-refractivity contribution in [2.75, 3.05) is 13.1 Å². The quantitative estimate of drug-likeness (QED) is 0.629. The highest BCUT2D eigenvalue weighted by Gasteiger charge is 2.04. The molecule has 0 spiro atoms. The number of rotatable bonds is 7. The van der Waals surface area contributed by atoms with E-state index in [1.165, 1.54) is 0 Å². The maximum Gasteiger partial charge on any atom is 0.220 e. The van der Waals surface area contributed by atoms with Crippen LogP contribution >= 0.6 is 0 Å². The SMILES string of the molecule is CCCNC(=O)CCC(C)CCN. The average Bonchev–Trinajstić information content (AvgIpc) is 2.12. The van der Waals surface area contributed by atoms with Gasteiger partial charge >= 0.3 is 0 Å². The van der Waals surface area contributed by atoms with Gasteiger partial charge < -0.3 is 11.1 Å². The topological polar surface area (TPSA) is 55.1 Å². The molecule has 13 heavy (non-hydrogen) atoms. The lowest BCUT2D eigenvalue weighted by Crippen LogP contribution is -2.24. The van der Waals surface area contributed by atoms with Gasteiger partial charge in [-0.15, -0.1) is 0 Å². The molecule has 0 aromatic heterocycles. The number of hydrogen-bond acceptors (Lipinski definition) is 2. The Morgan fingerprint density at radius 1 is 1.46 bits per heavy atom. The molecule has 1 atom stereocenters. The molecule has 0 aliphatic carbocycles. The van der Waals surface area contributed by atoms with Gasteiger partial charge in [-0.05, 0) is 31.7 Å². The van der Waals surface area contributed by atoms with Crippen molar-refractivity contribution in [3.05, 3.63) is 0 Å². The van der Waals surface area contributed by atoms with Crippen molar-refractivity contribution in [1.82, 2.24) is 5.32 Å². The zero-order valence-corrected chi connectivity index (χ0v) is 8.81. The minimum Gasteiger partial charge on any atom is -0.356 e. The summed E-state index contributed by atoms with van der Waals surface area (Å²) >= 11 is 0. The fourth-order valence-corrected chi connectivity index (χ4v) is 1.16. The van der Waals surface area contributed by atoms with Gasteiger partial charge in [0, 0.05) is 13.0 Å². The van der Waals surface area contributed by atoms with E-state index < -0.39 is 0 Å². The zero-order chi connectivity index (χ0) is 10.1. The monoisotopic (exact) mass is 186 g/mol. The summed E-state index contributed by atoms with van der Waals surface area (Å²) in [6, 6.07) is 0. The lowest BCUT2D eigenvalue weighted by molar-refractivity contribution is -0.121. The Bertz CT molecular complexity index is 137. The van der Waals surface area contributed by atoms with E-state index in [0.29, 0.717) is 12.3 Å². The van der Waals surface area contributed by atoms with Crippen molar-refractivity contribution in [3.63, 3.8) is 0 Å². The van der Waals surface area contributed by atoms with Crippen LogP contribution in [0.5, 0.6) is 0 Å². The highest BCUT2D eigenvalue weighted by atomic mass is 16.1. The molecule has 0 aliphatic rings. The summed E-state index contributed by atoms with van der Waals surface area (Å²) in [7, 11) is 0. The van der Waals surface area contributed by atoms with Crippen molar-refractivity contribution in [2.45, 2.75) is 39.5 Å². The Balaban J connectivity index is 3.34. The first kappa shape index (κ1) is 12.4. The Morgan fingerprint density at radius 2 is 2.15 bits per heavy atom. The van der Waals surface area contributed by atoms with Crippen LogP contribution in [0.25, 0.3) is 0 Å². The van der Waals surface area contributed by atoms with Gasteiger partial charge in [-0.2, -0.15) is 0 Å². The molecule has 0 saturated carbocycles. The second kappa shape index (κ2) is 8.05. The van der Waals surface area contributed by atoms with Crippen molar-refractivity contribution < 1.29 is 4.79 Å². The second-order valence-electron chi connectivity index (χ2n) is 3.57. The summed E-state index contributed by atoms with van der Waals surface area (Å²) < 4.78 is 0. The van der Waals surface area contributed by atoms with Gasteiger partial charge in [-0.25, -0.2) is 0 Å². The van der Waals surface area contributed by atoms with Gasteiger partial charge in [-0.3, -0.25) is 4.79 Å². The zero-order valence-electron chi connectivity index (χ0n) is 8.81. The van der Waals surface area contributed by atoms with Crippen molar-refractivity contribution >= 4 is 5.91 Å². The first-order chi connectivity index (χ1) is 6.20. The maximum atomic E-state index is 11.2. The lowest BCUT2D eigenvalue weighted by atomic mass is 10.0. The standard InChI is InChI=1S/C10H22N2O/c1-3-8-12-10(13)5-4-9(2)6-7-11/h9H,3-8,11H2,1-2H3,(H,12,13). The van der Waals surface area contributed by atoms with Crippen molar-refractivity contribution in [2.24, 2.45) is 11.7 Å². The average molecular weight is 186 g/mol. The predicted molar refractivity (Wildman–Crippen MR) is 55.4 cm³/mol. The van der Waals surface area contributed by atoms with Gasteiger partial charge in [0.25, 0.3) is 0 Å². The summed E-state index contributed by atoms with van der Waals surface area (Å²) in [6.45, 7) is 5.71. The van der Waals surface area contributed by atoms with Crippen LogP contribution < -0.4 is 11.1 Å². The number of carbonyl (C=O) groups excluding carboxylic acids is 1. The fraction of sp³-hybridized carbons (Fsp3) is 0.900. The molecule has 3 N–H and O–H groups in total. The summed E-state index contributed by atoms with van der Waals surface area (Å²) in [5.74, 6) is 0.739. The molecule has 0 fully saturated rings. The fourth-order valence-electron chi connectivity index (χ4n) is 1.16. The smallest absolute Gasteiger partial charge is 0.220 e. The van der Waals surface area contributed by atoms with Crippen molar-refractivity contribution in [1.29, 1.82) is 0 Å². The van der Waals surface area contributed by atoms with Gasteiger partial charge in [0.1, 0.15) is 0 Å². The third-order valence-electron chi connectivity index (χ3n) is 2.10. The second-order valence-corrected chi connectivity index (χ2v) is 3.57. The molecule has 3 nitrogen and oxygen atoms in total. The molecule has 78 valence electrons. The normalized spacial score (nSPS) is 12.5. The number of amides is 1. The van der Waals surface area contributed by atoms with Crippen LogP contribution in [0.1, 0.15) is 39.5 Å². The highest BCUT2D eigenvalue weighted by molar-refractivity contribution is 5.75. The molecule has 0 aromatic carbocycles. The minimum absolute atomic E-state index is 0.172. The van der Waals surface area contributed by atoms with Crippen LogP contribution in [0, 0.1) is 5.92 Å². The maximum absolute atomic E-state index is 11.2. The summed E-state index contributed by atoms with van der Waals surface area (Å²) in [6.07, 6.45) is 3.61. The Labute approximate surface area is 81.1 Å². The largest absolute Gasteiger partial charge is 0.356 e. The molecule has 0 bridgehead atoms. The van der Waals surface area contributed by atoms with Crippen molar-refractivity contribution in [3.8, 4) is 0 Å². The highest BCUT2D eigenvalue weighted by Crippen LogP contribution is 2.08. The first-order valence-corrected chi connectivity index (χ1v) is 5.17. The molecule has 0 heterocycles. The first-order valence-electron chi connectivity index (χ1n) is 5.17. The Morgan fingerprint density at radius 3 is 2.69 bits per heavy atom. The number of nitrogens with two attached hydrogens (primary N) is 1. The number of nitrogens with one attached hydrogen (secondary N) is 1. The summed E-state index contributed by atoms with van der Waals surface area (Å²) in [4.78, 5) is 11.2. The summed E-state index contributed by atoms with van der Waals surface area (Å²) in [5, 5.41) is 2.86. The van der Waals surface area contributed by atoms with E-state index in [0.717, 1.165) is 32.4 Å². The van der Waals surface area contributed by atoms with Crippen LogP contribution in [0.4, 0.5) is 0 Å². The molecule has 0 rings (SSSR count). The Hall–Kier alpha value is -0.570. The molecule has 0 radical (unpaired) electrons. The van der Waals surface area contributed by atoms with Gasteiger partial charge in [0.05, 0.1) is 0 Å². The third-order valence-corrected chi connectivity index (χ3v) is 2.10. The van der Waals surface area contributed by atoms with E-state index in [1.807, 2.05) is 0 Å². The minimum atomic E-state index is 0.172. The van der Waals surface area contributed by atoms with Crippen LogP contribution in [0.2, 0.25) is 0 Å². The van der Waals surface area contributed by atoms with E-state index >= 15 is 0 Å². The number of carbonyl (C=O) groups is 1. The molecule has 0 aromatic rings. The molecule has 0 aliphatic heterocycles. The molecular formula is C10H22N2O. The number of hydrogen-bond donors (Lipinski definition) is 2. The van der Waals surface area contributed by atoms with Gasteiger partial charge in [0.2, 0.25) is 5.91 Å². The third kappa shape index (κ3) is 7.78. The van der Waals surface area contributed by atoms with Gasteiger partial charge in [0.15, 0.2) is 0 Å². The van der Waals surface area contributed by atoms with Crippen LogP contribution in [0.3, 0.4) is 0 Å². The van der Waals surface area contributed by atoms with E-state index in [4.69, 9.17) is 5.73 Å². The predicted octanol–water partition coefficient (Wildman–Crippen LogP) is 1.28. The molecule has 3 heteroatoms. The van der Waals surface area contributed by atoms with Crippen LogP contribution in [-0.2, 0) is 4.79 Å². The molecular weight excluding hydrogens is 164 g/mol. The van der Waals surface area contributed by atoms with E-state index in [2.05, 4.69) is 19.2 Å². The van der Waals surface area contributed by atoms with E-state index in [1.54, 1.807) is 0 Å².